The molecule has 3 aliphatic heterocycles. The van der Waals surface area contributed by atoms with Crippen molar-refractivity contribution in [2.24, 2.45) is 23.7 Å². The second-order valence-electron chi connectivity index (χ2n) is 11.1. The zero-order chi connectivity index (χ0) is 27.5. The standard InChI is InChI=1S/C29H46N2O5S/c1-8-12-15-36-28(35)23-22-16-19(6)29(37-22)24(23)26(33)31(21(17-32)18(5)11-4)25(29)27(34)30(14-10-3)20(7)13-9-2/h8,10,18-25,32H,1,3,9,11-17H2,2,4-7H3/t18-,19?,20?,21-,22-,23+,24-,25?,29?/m0/s1. The molecule has 3 rings (SSSR count). The number of ether oxygens (including phenoxy) is 1. The number of aliphatic hydroxyl groups is 1. The SMILES string of the molecule is C=CCCOC(=O)[C@@H]1[C@@H]2CC(C)C3(S2)C(C(=O)N(CC=C)C(C)CCC)N([C@@H](CO)[C@@H](C)CC)C(=O)[C@H]13. The van der Waals surface area contributed by atoms with Gasteiger partial charge < -0.3 is 19.6 Å². The van der Waals surface area contributed by atoms with Gasteiger partial charge in [0.1, 0.15) is 6.04 Å². The van der Waals surface area contributed by atoms with Crippen LogP contribution in [0.15, 0.2) is 25.3 Å². The third-order valence-electron chi connectivity index (χ3n) is 8.95. The Morgan fingerprint density at radius 3 is 2.57 bits per heavy atom. The molecule has 3 saturated heterocycles. The summed E-state index contributed by atoms with van der Waals surface area (Å²) >= 11 is 1.65. The highest BCUT2D eigenvalue weighted by molar-refractivity contribution is 8.02. The topological polar surface area (TPSA) is 87.2 Å². The van der Waals surface area contributed by atoms with Crippen molar-refractivity contribution in [1.82, 2.24) is 9.80 Å². The molecule has 2 bridgehead atoms. The van der Waals surface area contributed by atoms with Crippen LogP contribution in [0.3, 0.4) is 0 Å². The third-order valence-corrected chi connectivity index (χ3v) is 11.0. The lowest BCUT2D eigenvalue weighted by atomic mass is 9.66. The zero-order valence-corrected chi connectivity index (χ0v) is 24.0. The van der Waals surface area contributed by atoms with E-state index in [1.807, 2.05) is 25.7 Å². The molecule has 0 aromatic carbocycles. The van der Waals surface area contributed by atoms with Crippen molar-refractivity contribution in [1.29, 1.82) is 0 Å². The van der Waals surface area contributed by atoms with Crippen molar-refractivity contribution in [2.45, 2.75) is 94.8 Å². The van der Waals surface area contributed by atoms with Gasteiger partial charge in [0.05, 0.1) is 35.8 Å². The quantitative estimate of drug-likeness (QED) is 0.206. The fourth-order valence-electron chi connectivity index (χ4n) is 6.87. The number of nitrogens with zero attached hydrogens (tertiary/aromatic N) is 2. The molecule has 208 valence electrons. The van der Waals surface area contributed by atoms with E-state index >= 15 is 0 Å². The van der Waals surface area contributed by atoms with Crippen LogP contribution in [-0.4, -0.2) is 80.6 Å². The Kier molecular flexibility index (Phi) is 9.95. The molecule has 4 unspecified atom stereocenters. The molecule has 0 aromatic rings. The monoisotopic (exact) mass is 534 g/mol. The Morgan fingerprint density at radius 1 is 1.30 bits per heavy atom. The van der Waals surface area contributed by atoms with Gasteiger partial charge in [-0.05, 0) is 38.0 Å². The van der Waals surface area contributed by atoms with Gasteiger partial charge in [0.15, 0.2) is 0 Å². The average Bonchev–Trinajstić information content (AvgIpc) is 3.46. The van der Waals surface area contributed by atoms with Gasteiger partial charge in [-0.25, -0.2) is 0 Å². The Hall–Kier alpha value is -1.80. The first kappa shape index (κ1) is 29.8. The van der Waals surface area contributed by atoms with Gasteiger partial charge in [0, 0.05) is 17.8 Å². The summed E-state index contributed by atoms with van der Waals surface area (Å²) in [5, 5.41) is 10.5. The van der Waals surface area contributed by atoms with Gasteiger partial charge in [0.25, 0.3) is 0 Å². The molecule has 0 saturated carbocycles. The zero-order valence-electron chi connectivity index (χ0n) is 23.2. The van der Waals surface area contributed by atoms with E-state index in [1.54, 1.807) is 28.8 Å². The first-order valence-corrected chi connectivity index (χ1v) is 14.8. The number of carbonyl (C=O) groups is 3. The van der Waals surface area contributed by atoms with E-state index in [2.05, 4.69) is 27.0 Å². The van der Waals surface area contributed by atoms with E-state index in [0.29, 0.717) is 13.0 Å². The molecule has 1 N–H and O–H groups in total. The summed E-state index contributed by atoms with van der Waals surface area (Å²) in [6.07, 6.45) is 7.28. The van der Waals surface area contributed by atoms with Gasteiger partial charge in [-0.3, -0.25) is 14.4 Å². The molecule has 1 spiro atoms. The van der Waals surface area contributed by atoms with Crippen molar-refractivity contribution in [2.75, 3.05) is 19.8 Å². The normalized spacial score (nSPS) is 32.5. The summed E-state index contributed by atoms with van der Waals surface area (Å²) in [4.78, 5) is 45.8. The third kappa shape index (κ3) is 5.00. The summed E-state index contributed by atoms with van der Waals surface area (Å²) in [5.41, 5.74) is 0. The molecule has 9 atom stereocenters. The number of thioether (sulfide) groups is 1. The predicted molar refractivity (Wildman–Crippen MR) is 148 cm³/mol. The van der Waals surface area contributed by atoms with Gasteiger partial charge in [0.2, 0.25) is 11.8 Å². The van der Waals surface area contributed by atoms with Crippen LogP contribution in [0.4, 0.5) is 0 Å². The highest BCUT2D eigenvalue weighted by Gasteiger charge is 2.77. The second-order valence-corrected chi connectivity index (χ2v) is 12.6. The Balaban J connectivity index is 2.13. The second kappa shape index (κ2) is 12.4. The summed E-state index contributed by atoms with van der Waals surface area (Å²) in [6.45, 7) is 18.3. The van der Waals surface area contributed by atoms with Gasteiger partial charge in [-0.15, -0.1) is 24.9 Å². The van der Waals surface area contributed by atoms with Crippen LogP contribution < -0.4 is 0 Å². The molecule has 0 aliphatic carbocycles. The molecule has 3 fully saturated rings. The number of esters is 1. The maximum absolute atomic E-state index is 14.6. The van der Waals surface area contributed by atoms with Crippen LogP contribution in [0.5, 0.6) is 0 Å². The molecule has 0 radical (unpaired) electrons. The van der Waals surface area contributed by atoms with Crippen molar-refractivity contribution >= 4 is 29.5 Å². The highest BCUT2D eigenvalue weighted by atomic mass is 32.2. The average molecular weight is 535 g/mol. The van der Waals surface area contributed by atoms with Crippen LogP contribution in [0.1, 0.15) is 66.7 Å². The molecule has 37 heavy (non-hydrogen) atoms. The van der Waals surface area contributed by atoms with E-state index in [0.717, 1.165) is 25.7 Å². The van der Waals surface area contributed by atoms with Gasteiger partial charge in [-0.1, -0.05) is 52.7 Å². The first-order chi connectivity index (χ1) is 17.7. The van der Waals surface area contributed by atoms with E-state index < -0.39 is 28.7 Å². The number of rotatable bonds is 14. The number of likely N-dealkylation sites (tertiary alicyclic amines) is 1. The van der Waals surface area contributed by atoms with E-state index in [1.165, 1.54) is 0 Å². The van der Waals surface area contributed by atoms with Gasteiger partial charge >= 0.3 is 5.97 Å². The van der Waals surface area contributed by atoms with Crippen molar-refractivity contribution in [3.63, 3.8) is 0 Å². The van der Waals surface area contributed by atoms with Crippen molar-refractivity contribution in [3.05, 3.63) is 25.3 Å². The first-order valence-electron chi connectivity index (χ1n) is 14.0. The minimum atomic E-state index is -0.744. The lowest BCUT2D eigenvalue weighted by molar-refractivity contribution is -0.155. The fourth-order valence-corrected chi connectivity index (χ4v) is 9.26. The van der Waals surface area contributed by atoms with Crippen molar-refractivity contribution < 1.29 is 24.2 Å². The molecule has 3 heterocycles. The molecule has 2 amide bonds. The van der Waals surface area contributed by atoms with Crippen LogP contribution in [0, 0.1) is 23.7 Å². The van der Waals surface area contributed by atoms with E-state index in [-0.39, 0.29) is 54.1 Å². The maximum atomic E-state index is 14.6. The largest absolute Gasteiger partial charge is 0.465 e. The fraction of sp³-hybridized carbons (Fsp3) is 0.759. The molecule has 7 nitrogen and oxygen atoms in total. The van der Waals surface area contributed by atoms with E-state index in [4.69, 9.17) is 4.74 Å². The number of aliphatic hydroxyl groups excluding tert-OH is 1. The van der Waals surface area contributed by atoms with Crippen LogP contribution in [-0.2, 0) is 19.1 Å². The summed E-state index contributed by atoms with van der Waals surface area (Å²) in [7, 11) is 0. The van der Waals surface area contributed by atoms with E-state index in [9.17, 15) is 19.5 Å². The predicted octanol–water partition coefficient (Wildman–Crippen LogP) is 4.05. The smallest absolute Gasteiger partial charge is 0.310 e. The number of hydrogen-bond acceptors (Lipinski definition) is 6. The lowest BCUT2D eigenvalue weighted by Crippen LogP contribution is -2.61. The molecule has 0 aromatic heterocycles. The lowest BCUT2D eigenvalue weighted by Gasteiger charge is -2.44. The number of hydrogen-bond donors (Lipinski definition) is 1. The van der Waals surface area contributed by atoms with Crippen LogP contribution in [0.2, 0.25) is 0 Å². The Labute approximate surface area is 227 Å². The number of carbonyl (C=O) groups excluding carboxylic acids is 3. The minimum absolute atomic E-state index is 0.00380. The summed E-state index contributed by atoms with van der Waals surface area (Å²) in [5.74, 6) is -1.80. The van der Waals surface area contributed by atoms with Crippen LogP contribution in [0.25, 0.3) is 0 Å². The highest BCUT2D eigenvalue weighted by Crippen LogP contribution is 2.69. The van der Waals surface area contributed by atoms with Gasteiger partial charge in [-0.2, -0.15) is 0 Å². The Morgan fingerprint density at radius 2 is 2.00 bits per heavy atom. The molecular weight excluding hydrogens is 488 g/mol. The molecular formula is C29H46N2O5S. The van der Waals surface area contributed by atoms with Crippen LogP contribution >= 0.6 is 11.8 Å². The molecule has 8 heteroatoms. The summed E-state index contributed by atoms with van der Waals surface area (Å²) < 4.78 is 4.87. The molecule has 3 aliphatic rings. The maximum Gasteiger partial charge on any atom is 0.310 e. The Bertz CT molecular complexity index is 880. The number of amides is 2. The van der Waals surface area contributed by atoms with Crippen molar-refractivity contribution in [3.8, 4) is 0 Å². The minimum Gasteiger partial charge on any atom is -0.465 e. The number of fused-ring (bicyclic) bond motifs is 1. The summed E-state index contributed by atoms with van der Waals surface area (Å²) in [6, 6.07) is -1.26.